The fourth-order valence-corrected chi connectivity index (χ4v) is 5.56. The first-order valence-corrected chi connectivity index (χ1v) is 11.7. The Labute approximate surface area is 183 Å². The van der Waals surface area contributed by atoms with Crippen LogP contribution in [0.5, 0.6) is 0 Å². The normalized spacial score (nSPS) is 16.1. The van der Waals surface area contributed by atoms with Crippen molar-refractivity contribution in [3.63, 3.8) is 0 Å². The Hall–Kier alpha value is -2.16. The highest BCUT2D eigenvalue weighted by Gasteiger charge is 2.28. The van der Waals surface area contributed by atoms with Gasteiger partial charge in [0.25, 0.3) is 5.56 Å². The molecule has 6 nitrogen and oxygen atoms in total. The first-order chi connectivity index (χ1) is 14.5. The predicted molar refractivity (Wildman–Crippen MR) is 119 cm³/mol. The molecule has 2 aromatic heterocycles. The molecule has 0 N–H and O–H groups in total. The van der Waals surface area contributed by atoms with Crippen LogP contribution in [0.15, 0.2) is 40.3 Å². The second kappa shape index (κ2) is 8.91. The maximum absolute atomic E-state index is 13.6. The molecule has 1 aliphatic rings. The number of fused-ring (bicyclic) bond motifs is 3. The summed E-state index contributed by atoms with van der Waals surface area (Å²) in [6, 6.07) is 9.81. The summed E-state index contributed by atoms with van der Waals surface area (Å²) < 4.78 is 12.4. The molecule has 0 bridgehead atoms. The van der Waals surface area contributed by atoms with Gasteiger partial charge in [0.05, 0.1) is 37.5 Å². The zero-order valence-corrected chi connectivity index (χ0v) is 18.8. The molecule has 0 radical (unpaired) electrons. The second-order valence-electron chi connectivity index (χ2n) is 7.62. The van der Waals surface area contributed by atoms with Crippen molar-refractivity contribution >= 4 is 39.3 Å². The quantitative estimate of drug-likeness (QED) is 0.327. The molecule has 1 atom stereocenters. The number of nitrogens with zero attached hydrogens (tertiary/aromatic N) is 2. The van der Waals surface area contributed by atoms with E-state index in [2.05, 4.69) is 13.8 Å². The van der Waals surface area contributed by atoms with Gasteiger partial charge in [-0.2, -0.15) is 0 Å². The van der Waals surface area contributed by atoms with Crippen molar-refractivity contribution in [2.24, 2.45) is 5.92 Å². The molecular formula is C22H24N2O4S2. The molecule has 0 fully saturated rings. The third kappa shape index (κ3) is 4.17. The molecule has 3 heterocycles. The van der Waals surface area contributed by atoms with Crippen LogP contribution in [0.3, 0.4) is 0 Å². The lowest BCUT2D eigenvalue weighted by Crippen LogP contribution is -2.29. The molecule has 30 heavy (non-hydrogen) atoms. The Morgan fingerprint density at radius 2 is 2.13 bits per heavy atom. The zero-order valence-electron chi connectivity index (χ0n) is 17.2. The lowest BCUT2D eigenvalue weighted by molar-refractivity contribution is -0.137. The third-order valence-corrected chi connectivity index (χ3v) is 7.32. The number of hydrogen-bond acceptors (Lipinski definition) is 7. The van der Waals surface area contributed by atoms with Gasteiger partial charge in [-0.25, -0.2) is 4.98 Å². The molecule has 3 aromatic rings. The molecule has 158 valence electrons. The van der Waals surface area contributed by atoms with E-state index in [0.717, 1.165) is 27.3 Å². The summed E-state index contributed by atoms with van der Waals surface area (Å²) in [6.45, 7) is 5.19. The molecule has 0 aliphatic carbocycles. The van der Waals surface area contributed by atoms with Gasteiger partial charge in [-0.05, 0) is 17.0 Å². The zero-order chi connectivity index (χ0) is 21.3. The number of carbonyl (C=O) groups excluding carboxylic acids is 1. The number of esters is 1. The van der Waals surface area contributed by atoms with Crippen LogP contribution in [-0.4, -0.2) is 34.5 Å². The van der Waals surface area contributed by atoms with Crippen LogP contribution in [0, 0.1) is 5.92 Å². The number of methoxy groups -OCH3 is 1. The van der Waals surface area contributed by atoms with Crippen molar-refractivity contribution in [3.8, 4) is 0 Å². The number of rotatable bonds is 6. The van der Waals surface area contributed by atoms with Crippen molar-refractivity contribution in [1.82, 2.24) is 9.55 Å². The van der Waals surface area contributed by atoms with Crippen molar-refractivity contribution in [3.05, 3.63) is 56.7 Å². The molecule has 0 spiro atoms. The van der Waals surface area contributed by atoms with Crippen LogP contribution in [0.4, 0.5) is 0 Å². The van der Waals surface area contributed by atoms with Crippen molar-refractivity contribution < 1.29 is 14.3 Å². The molecule has 0 unspecified atom stereocenters. The van der Waals surface area contributed by atoms with Gasteiger partial charge in [-0.15, -0.1) is 11.3 Å². The number of thioether (sulfide) groups is 1. The van der Waals surface area contributed by atoms with Gasteiger partial charge in [0.15, 0.2) is 5.16 Å². The van der Waals surface area contributed by atoms with Crippen LogP contribution in [0.2, 0.25) is 0 Å². The fourth-order valence-electron chi connectivity index (χ4n) is 3.57. The minimum Gasteiger partial charge on any atom is -0.468 e. The Bertz CT molecular complexity index is 1120. The van der Waals surface area contributed by atoms with E-state index in [1.807, 2.05) is 30.3 Å². The summed E-state index contributed by atoms with van der Waals surface area (Å²) in [5, 5.41) is 1.23. The van der Waals surface area contributed by atoms with Crippen LogP contribution in [0.1, 0.15) is 29.9 Å². The van der Waals surface area contributed by atoms with Crippen molar-refractivity contribution in [2.75, 3.05) is 12.9 Å². The summed E-state index contributed by atoms with van der Waals surface area (Å²) in [7, 11) is 1.36. The first kappa shape index (κ1) is 21.1. The maximum atomic E-state index is 13.6. The smallest absolute Gasteiger partial charge is 0.316 e. The second-order valence-corrected chi connectivity index (χ2v) is 9.64. The van der Waals surface area contributed by atoms with E-state index in [-0.39, 0.29) is 23.4 Å². The summed E-state index contributed by atoms with van der Waals surface area (Å²) in [6.07, 6.45) is 0.829. The number of ether oxygens (including phenoxy) is 2. The number of carbonyl (C=O) groups is 1. The van der Waals surface area contributed by atoms with Gasteiger partial charge in [-0.3, -0.25) is 14.2 Å². The summed E-state index contributed by atoms with van der Waals surface area (Å²) in [4.78, 5) is 31.9. The standard InChI is InChI=1S/C22H24N2O4S2/c1-13(2)16-9-15-17(11-28-16)30-20-19(15)21(26)24(10-14-7-5-4-6-8-14)22(23-20)29-12-18(25)27-3/h4-8,13,16H,9-12H2,1-3H3/t16-/m0/s1. The third-order valence-electron chi connectivity index (χ3n) is 5.27. The van der Waals surface area contributed by atoms with E-state index >= 15 is 0 Å². The Balaban J connectivity index is 1.82. The minimum absolute atomic E-state index is 0.0573. The average molecular weight is 445 g/mol. The summed E-state index contributed by atoms with van der Waals surface area (Å²) in [5.74, 6) is 0.133. The Morgan fingerprint density at radius 1 is 1.37 bits per heavy atom. The lowest BCUT2D eigenvalue weighted by Gasteiger charge is -2.26. The predicted octanol–water partition coefficient (Wildman–Crippen LogP) is 3.87. The number of benzene rings is 1. The monoisotopic (exact) mass is 444 g/mol. The highest BCUT2D eigenvalue weighted by molar-refractivity contribution is 7.99. The van der Waals surface area contributed by atoms with Gasteiger partial charge >= 0.3 is 5.97 Å². The van der Waals surface area contributed by atoms with Crippen molar-refractivity contribution in [2.45, 2.75) is 44.7 Å². The van der Waals surface area contributed by atoms with Crippen LogP contribution in [0.25, 0.3) is 10.2 Å². The van der Waals surface area contributed by atoms with Crippen LogP contribution in [-0.2, 0) is 33.8 Å². The van der Waals surface area contributed by atoms with Gasteiger partial charge in [-0.1, -0.05) is 55.9 Å². The van der Waals surface area contributed by atoms with E-state index < -0.39 is 0 Å². The van der Waals surface area contributed by atoms with Gasteiger partial charge in [0.2, 0.25) is 0 Å². The maximum Gasteiger partial charge on any atom is 0.316 e. The van der Waals surface area contributed by atoms with E-state index in [9.17, 15) is 9.59 Å². The minimum atomic E-state index is -0.348. The SMILES string of the molecule is COC(=O)CSc1nc2sc3c(c2c(=O)n1Cc1ccccc1)C[C@@H](C(C)C)OC3. The molecule has 1 aromatic carbocycles. The van der Waals surface area contributed by atoms with Crippen molar-refractivity contribution in [1.29, 1.82) is 0 Å². The molecule has 0 saturated carbocycles. The number of hydrogen-bond donors (Lipinski definition) is 0. The molecular weight excluding hydrogens is 420 g/mol. The number of thiophene rings is 1. The van der Waals surface area contributed by atoms with Gasteiger partial charge < -0.3 is 9.47 Å². The Kier molecular flexibility index (Phi) is 6.26. The van der Waals surface area contributed by atoms with Gasteiger partial charge in [0, 0.05) is 11.3 Å². The first-order valence-electron chi connectivity index (χ1n) is 9.88. The molecule has 1 aliphatic heterocycles. The topological polar surface area (TPSA) is 70.4 Å². The number of aromatic nitrogens is 2. The average Bonchev–Trinajstić information content (AvgIpc) is 3.12. The van der Waals surface area contributed by atoms with E-state index in [4.69, 9.17) is 14.5 Å². The van der Waals surface area contributed by atoms with Crippen LogP contribution >= 0.6 is 23.1 Å². The van der Waals surface area contributed by atoms with Crippen LogP contribution < -0.4 is 5.56 Å². The highest BCUT2D eigenvalue weighted by atomic mass is 32.2. The molecule has 0 amide bonds. The van der Waals surface area contributed by atoms with Gasteiger partial charge in [0.1, 0.15) is 4.83 Å². The summed E-state index contributed by atoms with van der Waals surface area (Å²) in [5.41, 5.74) is 2.02. The molecule has 0 saturated heterocycles. The van der Waals surface area contributed by atoms with E-state index in [0.29, 0.717) is 29.6 Å². The molecule has 8 heteroatoms. The summed E-state index contributed by atoms with van der Waals surface area (Å²) >= 11 is 2.75. The highest BCUT2D eigenvalue weighted by Crippen LogP contribution is 2.36. The van der Waals surface area contributed by atoms with E-state index in [1.54, 1.807) is 4.57 Å². The lowest BCUT2D eigenvalue weighted by atomic mass is 9.96. The van der Waals surface area contributed by atoms with E-state index in [1.165, 1.54) is 30.2 Å². The molecule has 4 rings (SSSR count). The Morgan fingerprint density at radius 3 is 2.83 bits per heavy atom. The largest absolute Gasteiger partial charge is 0.468 e. The fraction of sp³-hybridized carbons (Fsp3) is 0.409.